The van der Waals surface area contributed by atoms with Crippen molar-refractivity contribution >= 4 is 41.3 Å². The third-order valence-corrected chi connectivity index (χ3v) is 5.13. The Kier molecular flexibility index (Phi) is 8.84. The van der Waals surface area contributed by atoms with Gasteiger partial charge in [0.25, 0.3) is 0 Å². The van der Waals surface area contributed by atoms with Crippen LogP contribution < -0.4 is 10.6 Å². The van der Waals surface area contributed by atoms with Gasteiger partial charge in [-0.05, 0) is 36.8 Å². The molecule has 0 amide bonds. The van der Waals surface area contributed by atoms with Gasteiger partial charge in [0.15, 0.2) is 5.96 Å². The molecule has 3 aromatic rings. The summed E-state index contributed by atoms with van der Waals surface area (Å²) in [6.45, 7) is 3.49. The molecule has 0 fully saturated rings. The fourth-order valence-electron chi connectivity index (χ4n) is 2.51. The van der Waals surface area contributed by atoms with Crippen LogP contribution in [0.1, 0.15) is 22.5 Å². The molecule has 150 valence electrons. The number of aryl methyl sites for hydroxylation is 1. The predicted molar refractivity (Wildman–Crippen MR) is 122 cm³/mol. The fraction of sp³-hybridized carbons (Fsp3) is 0.316. The van der Waals surface area contributed by atoms with E-state index < -0.39 is 0 Å². The lowest BCUT2D eigenvalue weighted by Crippen LogP contribution is -2.37. The zero-order chi connectivity index (χ0) is 19.1. The van der Waals surface area contributed by atoms with Gasteiger partial charge in [-0.2, -0.15) is 5.10 Å². The number of nitrogens with one attached hydrogen (secondary N) is 2. The average Bonchev–Trinajstić information content (AvgIpc) is 3.34. The van der Waals surface area contributed by atoms with Gasteiger partial charge in [0.2, 0.25) is 0 Å². The molecule has 2 N–H and O–H groups in total. The van der Waals surface area contributed by atoms with Crippen molar-refractivity contribution < 1.29 is 4.39 Å². The molecule has 28 heavy (non-hydrogen) atoms. The molecule has 0 spiro atoms. The van der Waals surface area contributed by atoms with E-state index in [-0.39, 0.29) is 29.8 Å². The van der Waals surface area contributed by atoms with Gasteiger partial charge in [-0.25, -0.2) is 14.1 Å². The number of guanidine groups is 1. The Morgan fingerprint density at radius 3 is 2.68 bits per heavy atom. The lowest BCUT2D eigenvalue weighted by atomic mass is 10.3. The Balaban J connectivity index is 0.00000280. The van der Waals surface area contributed by atoms with E-state index in [9.17, 15) is 4.39 Å². The van der Waals surface area contributed by atoms with Crippen LogP contribution in [0.4, 0.5) is 4.39 Å². The average molecular weight is 514 g/mol. The molecule has 0 saturated carbocycles. The van der Waals surface area contributed by atoms with Gasteiger partial charge in [-0.3, -0.25) is 4.99 Å². The van der Waals surface area contributed by atoms with Gasteiger partial charge in [0, 0.05) is 37.3 Å². The quantitative estimate of drug-likeness (QED) is 0.288. The number of thiazole rings is 1. The molecule has 9 heteroatoms. The molecule has 0 atom stereocenters. The molecule has 0 saturated heterocycles. The second-order valence-electron chi connectivity index (χ2n) is 5.90. The first-order chi connectivity index (χ1) is 13.2. The highest BCUT2D eigenvalue weighted by Gasteiger charge is 2.05. The summed E-state index contributed by atoms with van der Waals surface area (Å²) in [5.74, 6) is 0.485. The van der Waals surface area contributed by atoms with Gasteiger partial charge < -0.3 is 10.6 Å². The summed E-state index contributed by atoms with van der Waals surface area (Å²) in [4.78, 5) is 9.91. The number of hydrogen-bond acceptors (Lipinski definition) is 4. The summed E-state index contributed by atoms with van der Waals surface area (Å²) in [5, 5.41) is 12.1. The van der Waals surface area contributed by atoms with E-state index in [2.05, 4.69) is 32.6 Å². The molecule has 2 aromatic heterocycles. The van der Waals surface area contributed by atoms with Crippen LogP contribution in [0.5, 0.6) is 0 Å². The second-order valence-corrected chi connectivity index (χ2v) is 7.10. The van der Waals surface area contributed by atoms with E-state index in [0.29, 0.717) is 13.1 Å². The number of rotatable bonds is 7. The van der Waals surface area contributed by atoms with Crippen molar-refractivity contribution in [3.05, 3.63) is 64.1 Å². The summed E-state index contributed by atoms with van der Waals surface area (Å²) >= 11 is 1.71. The number of hydrogen-bond donors (Lipinski definition) is 2. The summed E-state index contributed by atoms with van der Waals surface area (Å²) in [6.07, 6.45) is 5.57. The largest absolute Gasteiger partial charge is 0.356 e. The SMILES string of the molecule is CCc1cnc(CNC(=NC)NCCc2ccn(-c3ccc(F)cc3)n2)s1.I. The molecule has 6 nitrogen and oxygen atoms in total. The van der Waals surface area contributed by atoms with Crippen LogP contribution in [0.15, 0.2) is 47.7 Å². The van der Waals surface area contributed by atoms with Gasteiger partial charge in [0.05, 0.1) is 17.9 Å². The minimum Gasteiger partial charge on any atom is -0.356 e. The first-order valence-corrected chi connectivity index (χ1v) is 9.68. The maximum absolute atomic E-state index is 13.0. The first-order valence-electron chi connectivity index (χ1n) is 8.86. The van der Waals surface area contributed by atoms with Crippen LogP contribution in [-0.2, 0) is 19.4 Å². The number of halogens is 2. The van der Waals surface area contributed by atoms with E-state index in [1.807, 2.05) is 18.5 Å². The van der Waals surface area contributed by atoms with E-state index in [0.717, 1.165) is 35.2 Å². The Morgan fingerprint density at radius 2 is 2.00 bits per heavy atom. The van der Waals surface area contributed by atoms with E-state index in [4.69, 9.17) is 0 Å². The maximum atomic E-state index is 13.0. The second kappa shape index (κ2) is 11.1. The summed E-state index contributed by atoms with van der Waals surface area (Å²) in [5.41, 5.74) is 1.79. The minimum atomic E-state index is -0.252. The Labute approximate surface area is 185 Å². The lowest BCUT2D eigenvalue weighted by molar-refractivity contribution is 0.627. The van der Waals surface area contributed by atoms with Crippen molar-refractivity contribution in [2.75, 3.05) is 13.6 Å². The van der Waals surface area contributed by atoms with E-state index in [1.54, 1.807) is 35.2 Å². The third-order valence-electron chi connectivity index (χ3n) is 3.99. The Bertz CT molecular complexity index is 890. The zero-order valence-corrected chi connectivity index (χ0v) is 19.0. The molecule has 1 aromatic carbocycles. The number of benzene rings is 1. The van der Waals surface area contributed by atoms with Crippen molar-refractivity contribution in [1.29, 1.82) is 0 Å². The van der Waals surface area contributed by atoms with Crippen molar-refractivity contribution in [2.45, 2.75) is 26.3 Å². The van der Waals surface area contributed by atoms with Crippen molar-refractivity contribution in [1.82, 2.24) is 25.4 Å². The highest BCUT2D eigenvalue weighted by molar-refractivity contribution is 14.0. The molecule has 0 bridgehead atoms. The number of aliphatic imine (C=N–C) groups is 1. The summed E-state index contributed by atoms with van der Waals surface area (Å²) in [7, 11) is 1.75. The minimum absolute atomic E-state index is 0. The molecular formula is C19H24FIN6S. The first kappa shape index (κ1) is 22.3. The fourth-order valence-corrected chi connectivity index (χ4v) is 3.32. The molecular weight excluding hydrogens is 490 g/mol. The zero-order valence-electron chi connectivity index (χ0n) is 15.9. The van der Waals surface area contributed by atoms with E-state index >= 15 is 0 Å². The van der Waals surface area contributed by atoms with Crippen LogP contribution in [0.3, 0.4) is 0 Å². The molecule has 3 rings (SSSR count). The maximum Gasteiger partial charge on any atom is 0.191 e. The molecule has 2 heterocycles. The van der Waals surface area contributed by atoms with Crippen molar-refractivity contribution in [3.8, 4) is 5.69 Å². The van der Waals surface area contributed by atoms with Crippen LogP contribution in [0.25, 0.3) is 5.69 Å². The molecule has 0 unspecified atom stereocenters. The lowest BCUT2D eigenvalue weighted by Gasteiger charge is -2.10. The molecule has 0 aliphatic heterocycles. The van der Waals surface area contributed by atoms with Crippen LogP contribution in [-0.4, -0.2) is 34.3 Å². The van der Waals surface area contributed by atoms with Gasteiger partial charge in [0.1, 0.15) is 10.8 Å². The van der Waals surface area contributed by atoms with Gasteiger partial charge in [-0.15, -0.1) is 35.3 Å². The van der Waals surface area contributed by atoms with Crippen molar-refractivity contribution in [2.24, 2.45) is 4.99 Å². The topological polar surface area (TPSA) is 67.1 Å². The monoisotopic (exact) mass is 514 g/mol. The third kappa shape index (κ3) is 6.26. The highest BCUT2D eigenvalue weighted by atomic mass is 127. The molecule has 0 radical (unpaired) electrons. The van der Waals surface area contributed by atoms with Crippen molar-refractivity contribution in [3.63, 3.8) is 0 Å². The van der Waals surface area contributed by atoms with Gasteiger partial charge in [-0.1, -0.05) is 6.92 Å². The van der Waals surface area contributed by atoms with E-state index in [1.165, 1.54) is 17.0 Å². The Hall–Kier alpha value is -2.01. The number of aromatic nitrogens is 3. The molecule has 0 aliphatic rings. The summed E-state index contributed by atoms with van der Waals surface area (Å²) in [6, 6.07) is 8.24. The molecule has 0 aliphatic carbocycles. The number of nitrogens with zero attached hydrogens (tertiary/aromatic N) is 4. The summed E-state index contributed by atoms with van der Waals surface area (Å²) < 4.78 is 14.8. The van der Waals surface area contributed by atoms with Crippen LogP contribution in [0.2, 0.25) is 0 Å². The predicted octanol–water partition coefficient (Wildman–Crippen LogP) is 3.56. The van der Waals surface area contributed by atoms with Gasteiger partial charge >= 0.3 is 0 Å². The van der Waals surface area contributed by atoms with Crippen LogP contribution in [0, 0.1) is 5.82 Å². The normalized spacial score (nSPS) is 11.2. The smallest absolute Gasteiger partial charge is 0.191 e. The standard InChI is InChI=1S/C19H23FN6S.HI/c1-3-17-12-23-18(27-17)13-24-19(21-2)22-10-8-15-9-11-26(25-15)16-6-4-14(20)5-7-16;/h4-7,9,11-12H,3,8,10,13H2,1-2H3,(H2,21,22,24);1H. The van der Waals surface area contributed by atoms with Crippen LogP contribution >= 0.6 is 35.3 Å². The highest BCUT2D eigenvalue weighted by Crippen LogP contribution is 2.12. The Morgan fingerprint density at radius 1 is 1.21 bits per heavy atom.